The van der Waals surface area contributed by atoms with Crippen LogP contribution >= 0.6 is 0 Å². The summed E-state index contributed by atoms with van der Waals surface area (Å²) in [5.74, 6) is 1.25. The van der Waals surface area contributed by atoms with Gasteiger partial charge in [0.25, 0.3) is 0 Å². The first-order valence-electron chi connectivity index (χ1n) is 9.23. The number of fused-ring (bicyclic) bond motifs is 1. The van der Waals surface area contributed by atoms with E-state index in [0.717, 1.165) is 40.9 Å². The van der Waals surface area contributed by atoms with Crippen molar-refractivity contribution in [3.8, 4) is 11.6 Å². The molecule has 0 radical (unpaired) electrons. The van der Waals surface area contributed by atoms with Crippen LogP contribution in [0, 0.1) is 27.7 Å². The molecule has 26 heavy (non-hydrogen) atoms. The Kier molecular flexibility index (Phi) is 4.90. The van der Waals surface area contributed by atoms with E-state index in [-0.39, 0.29) is 11.7 Å². The maximum absolute atomic E-state index is 12.6. The van der Waals surface area contributed by atoms with Crippen molar-refractivity contribution in [2.45, 2.75) is 60.4 Å². The van der Waals surface area contributed by atoms with E-state index in [1.807, 2.05) is 31.4 Å². The Morgan fingerprint density at radius 3 is 2.27 bits per heavy atom. The summed E-state index contributed by atoms with van der Waals surface area (Å²) in [4.78, 5) is 20.1. The van der Waals surface area contributed by atoms with E-state index in [2.05, 4.69) is 42.9 Å². The van der Waals surface area contributed by atoms with Crippen LogP contribution in [0.2, 0.25) is 0 Å². The molecule has 0 spiro atoms. The number of ether oxygens (including phenoxy) is 1. The van der Waals surface area contributed by atoms with Crippen LogP contribution in [0.4, 0.5) is 0 Å². The molecule has 0 fully saturated rings. The van der Waals surface area contributed by atoms with Crippen LogP contribution in [-0.4, -0.2) is 14.5 Å². The van der Waals surface area contributed by atoms with Gasteiger partial charge in [-0.15, -0.1) is 0 Å². The SMILES string of the molecule is CCC(CC)n1c(=O)[nH]c2c(Oc3c(C)cc(C)cc3C)nc(C)cc21. The number of nitrogens with zero attached hydrogens (tertiary/aromatic N) is 2. The lowest BCUT2D eigenvalue weighted by atomic mass is 10.1. The van der Waals surface area contributed by atoms with Crippen molar-refractivity contribution in [1.29, 1.82) is 0 Å². The van der Waals surface area contributed by atoms with Gasteiger partial charge in [-0.05, 0) is 57.7 Å². The first-order valence-corrected chi connectivity index (χ1v) is 9.23. The quantitative estimate of drug-likeness (QED) is 0.693. The third-order valence-electron chi connectivity index (χ3n) is 4.91. The predicted molar refractivity (Wildman–Crippen MR) is 105 cm³/mol. The monoisotopic (exact) mass is 353 g/mol. The minimum absolute atomic E-state index is 0.108. The number of aryl methyl sites for hydroxylation is 4. The molecule has 138 valence electrons. The third-order valence-corrected chi connectivity index (χ3v) is 4.91. The minimum atomic E-state index is -0.108. The predicted octanol–water partition coefficient (Wildman–Crippen LogP) is 5.11. The summed E-state index contributed by atoms with van der Waals surface area (Å²) in [5, 5.41) is 0. The summed E-state index contributed by atoms with van der Waals surface area (Å²) >= 11 is 0. The zero-order valence-electron chi connectivity index (χ0n) is 16.4. The fourth-order valence-electron chi connectivity index (χ4n) is 3.73. The van der Waals surface area contributed by atoms with Gasteiger partial charge < -0.3 is 9.72 Å². The second-order valence-corrected chi connectivity index (χ2v) is 7.06. The molecule has 0 aliphatic heterocycles. The Morgan fingerprint density at radius 1 is 1.08 bits per heavy atom. The molecule has 2 aromatic heterocycles. The number of imidazole rings is 1. The van der Waals surface area contributed by atoms with Crippen molar-refractivity contribution in [2.24, 2.45) is 0 Å². The number of nitrogens with one attached hydrogen (secondary N) is 1. The van der Waals surface area contributed by atoms with E-state index >= 15 is 0 Å². The molecule has 3 rings (SSSR count). The molecule has 0 aliphatic carbocycles. The van der Waals surface area contributed by atoms with Crippen molar-refractivity contribution in [2.75, 3.05) is 0 Å². The van der Waals surface area contributed by atoms with E-state index in [4.69, 9.17) is 4.74 Å². The molecular formula is C21H27N3O2. The lowest BCUT2D eigenvalue weighted by Gasteiger charge is -2.16. The van der Waals surface area contributed by atoms with Gasteiger partial charge in [-0.1, -0.05) is 31.5 Å². The fourth-order valence-corrected chi connectivity index (χ4v) is 3.73. The second kappa shape index (κ2) is 6.98. The molecule has 1 aromatic carbocycles. The smallest absolute Gasteiger partial charge is 0.326 e. The lowest BCUT2D eigenvalue weighted by Crippen LogP contribution is -2.21. The standard InChI is InChI=1S/C21H27N3O2/c1-7-16(8-2)24-17-11-15(6)22-20(18(17)23-21(24)25)26-19-13(4)9-12(3)10-14(19)5/h9-11,16H,7-8H2,1-6H3,(H,23,25). The fraction of sp³-hybridized carbons (Fsp3) is 0.429. The van der Waals surface area contributed by atoms with Gasteiger partial charge in [0, 0.05) is 11.7 Å². The molecule has 0 bridgehead atoms. The molecule has 3 aromatic rings. The van der Waals surface area contributed by atoms with Crippen molar-refractivity contribution in [1.82, 2.24) is 14.5 Å². The van der Waals surface area contributed by atoms with Crippen LogP contribution < -0.4 is 10.4 Å². The van der Waals surface area contributed by atoms with Crippen molar-refractivity contribution >= 4 is 11.0 Å². The summed E-state index contributed by atoms with van der Waals surface area (Å²) in [6.07, 6.45) is 1.80. The second-order valence-electron chi connectivity index (χ2n) is 7.06. The molecule has 0 unspecified atom stereocenters. The number of aromatic amines is 1. The number of benzene rings is 1. The number of aromatic nitrogens is 3. The van der Waals surface area contributed by atoms with Gasteiger partial charge in [-0.3, -0.25) is 4.57 Å². The highest BCUT2D eigenvalue weighted by Crippen LogP contribution is 2.33. The molecule has 2 heterocycles. The zero-order chi connectivity index (χ0) is 19.0. The zero-order valence-corrected chi connectivity index (χ0v) is 16.4. The van der Waals surface area contributed by atoms with Gasteiger partial charge >= 0.3 is 5.69 Å². The lowest BCUT2D eigenvalue weighted by molar-refractivity contribution is 0.459. The maximum atomic E-state index is 12.6. The summed E-state index contributed by atoms with van der Waals surface area (Å²) in [6, 6.07) is 6.29. The van der Waals surface area contributed by atoms with E-state index in [1.165, 1.54) is 5.56 Å². The molecule has 5 nitrogen and oxygen atoms in total. The first kappa shape index (κ1) is 18.2. The average molecular weight is 353 g/mol. The Morgan fingerprint density at radius 2 is 1.69 bits per heavy atom. The summed E-state index contributed by atoms with van der Waals surface area (Å²) < 4.78 is 8.05. The Balaban J connectivity index is 2.19. The Bertz CT molecular complexity index is 987. The summed E-state index contributed by atoms with van der Waals surface area (Å²) in [5.41, 5.74) is 5.54. The van der Waals surface area contributed by atoms with Crippen LogP contribution in [0.5, 0.6) is 11.6 Å². The first-order chi connectivity index (χ1) is 12.3. The van der Waals surface area contributed by atoms with Crippen LogP contribution in [0.15, 0.2) is 23.0 Å². The highest BCUT2D eigenvalue weighted by Gasteiger charge is 2.19. The molecule has 5 heteroatoms. The van der Waals surface area contributed by atoms with Crippen LogP contribution in [-0.2, 0) is 0 Å². The van der Waals surface area contributed by atoms with Gasteiger partial charge in [0.05, 0.1) is 5.52 Å². The van der Waals surface area contributed by atoms with Gasteiger partial charge in [-0.2, -0.15) is 0 Å². The van der Waals surface area contributed by atoms with Gasteiger partial charge in [-0.25, -0.2) is 9.78 Å². The van der Waals surface area contributed by atoms with E-state index in [0.29, 0.717) is 11.4 Å². The van der Waals surface area contributed by atoms with Gasteiger partial charge in [0.15, 0.2) is 0 Å². The van der Waals surface area contributed by atoms with E-state index < -0.39 is 0 Å². The molecule has 1 N–H and O–H groups in total. The summed E-state index contributed by atoms with van der Waals surface area (Å²) in [7, 11) is 0. The largest absolute Gasteiger partial charge is 0.436 e. The van der Waals surface area contributed by atoms with Crippen LogP contribution in [0.1, 0.15) is 55.1 Å². The molecule has 0 saturated carbocycles. The molecule has 0 saturated heterocycles. The number of hydrogen-bond acceptors (Lipinski definition) is 3. The number of H-pyrrole nitrogens is 1. The molecular weight excluding hydrogens is 326 g/mol. The van der Waals surface area contributed by atoms with Crippen LogP contribution in [0.3, 0.4) is 0 Å². The normalized spacial score (nSPS) is 11.5. The van der Waals surface area contributed by atoms with E-state index in [9.17, 15) is 4.79 Å². The van der Waals surface area contributed by atoms with Crippen molar-refractivity contribution < 1.29 is 4.74 Å². The third kappa shape index (κ3) is 3.14. The van der Waals surface area contributed by atoms with Crippen molar-refractivity contribution in [3.05, 3.63) is 51.1 Å². The van der Waals surface area contributed by atoms with Gasteiger partial charge in [0.1, 0.15) is 11.3 Å². The Hall–Kier alpha value is -2.56. The summed E-state index contributed by atoms with van der Waals surface area (Å²) in [6.45, 7) is 12.3. The van der Waals surface area contributed by atoms with Crippen LogP contribution in [0.25, 0.3) is 11.0 Å². The average Bonchev–Trinajstić information content (AvgIpc) is 2.89. The molecule has 0 aliphatic rings. The number of rotatable bonds is 5. The van der Waals surface area contributed by atoms with Crippen molar-refractivity contribution in [3.63, 3.8) is 0 Å². The molecule has 0 atom stereocenters. The highest BCUT2D eigenvalue weighted by atomic mass is 16.5. The topological polar surface area (TPSA) is 59.9 Å². The number of hydrogen-bond donors (Lipinski definition) is 1. The molecule has 0 amide bonds. The van der Waals surface area contributed by atoms with E-state index in [1.54, 1.807) is 0 Å². The van der Waals surface area contributed by atoms with Gasteiger partial charge in [0.2, 0.25) is 5.88 Å². The number of pyridine rings is 1. The highest BCUT2D eigenvalue weighted by molar-refractivity contribution is 5.81. The Labute approximate surface area is 154 Å². The maximum Gasteiger partial charge on any atom is 0.326 e. The minimum Gasteiger partial charge on any atom is -0.436 e.